The third-order valence-electron chi connectivity index (χ3n) is 2.72. The molecule has 1 nitrogen and oxygen atoms in total. The molecule has 56 valence electrons. The van der Waals surface area contributed by atoms with Gasteiger partial charge in [-0.2, -0.15) is 0 Å². The maximum absolute atomic E-state index is 4.06. The SMILES string of the molecule is C=C1CC2CCNC(C1)C2. The van der Waals surface area contributed by atoms with Gasteiger partial charge in [0.05, 0.1) is 0 Å². The topological polar surface area (TPSA) is 12.0 Å². The summed E-state index contributed by atoms with van der Waals surface area (Å²) in [5.41, 5.74) is 1.47. The molecule has 0 aromatic heterocycles. The van der Waals surface area contributed by atoms with Gasteiger partial charge in [-0.3, -0.25) is 0 Å². The Labute approximate surface area is 62.5 Å². The maximum Gasteiger partial charge on any atom is 0.0107 e. The van der Waals surface area contributed by atoms with Crippen molar-refractivity contribution in [1.82, 2.24) is 5.32 Å². The summed E-state index contributed by atoms with van der Waals surface area (Å²) in [7, 11) is 0. The molecule has 1 saturated carbocycles. The van der Waals surface area contributed by atoms with E-state index in [0.717, 1.165) is 12.0 Å². The fourth-order valence-electron chi connectivity index (χ4n) is 2.28. The maximum atomic E-state index is 4.06. The highest BCUT2D eigenvalue weighted by molar-refractivity contribution is 5.05. The fraction of sp³-hybridized carbons (Fsp3) is 0.778. The second-order valence-electron chi connectivity index (χ2n) is 3.70. The van der Waals surface area contributed by atoms with Crippen molar-refractivity contribution in [3.63, 3.8) is 0 Å². The van der Waals surface area contributed by atoms with Gasteiger partial charge in [-0.15, -0.1) is 0 Å². The molecule has 0 aromatic carbocycles. The number of hydrogen-bond acceptors (Lipinski definition) is 1. The average molecular weight is 137 g/mol. The van der Waals surface area contributed by atoms with Crippen molar-refractivity contribution in [2.45, 2.75) is 31.7 Å². The number of piperidine rings is 1. The van der Waals surface area contributed by atoms with Crippen LogP contribution in [0.3, 0.4) is 0 Å². The third kappa shape index (κ3) is 1.10. The van der Waals surface area contributed by atoms with Crippen LogP contribution in [-0.2, 0) is 0 Å². The summed E-state index contributed by atoms with van der Waals surface area (Å²) >= 11 is 0. The first kappa shape index (κ1) is 6.41. The lowest BCUT2D eigenvalue weighted by atomic mass is 9.79. The molecule has 2 atom stereocenters. The van der Waals surface area contributed by atoms with E-state index < -0.39 is 0 Å². The molecule has 0 radical (unpaired) electrons. The highest BCUT2D eigenvalue weighted by Crippen LogP contribution is 2.32. The summed E-state index contributed by atoms with van der Waals surface area (Å²) in [6.07, 6.45) is 5.31. The van der Waals surface area contributed by atoms with Crippen molar-refractivity contribution in [1.29, 1.82) is 0 Å². The molecule has 2 bridgehead atoms. The molecule has 1 heteroatoms. The zero-order valence-electron chi connectivity index (χ0n) is 6.40. The summed E-state index contributed by atoms with van der Waals surface area (Å²) in [6.45, 7) is 5.30. The summed E-state index contributed by atoms with van der Waals surface area (Å²) in [5, 5.41) is 3.52. The van der Waals surface area contributed by atoms with Crippen LogP contribution >= 0.6 is 0 Å². The summed E-state index contributed by atoms with van der Waals surface area (Å²) in [4.78, 5) is 0. The number of hydrogen-bond donors (Lipinski definition) is 1. The van der Waals surface area contributed by atoms with E-state index in [4.69, 9.17) is 0 Å². The minimum Gasteiger partial charge on any atom is -0.314 e. The van der Waals surface area contributed by atoms with E-state index in [1.165, 1.54) is 37.8 Å². The summed E-state index contributed by atoms with van der Waals surface area (Å²) in [5.74, 6) is 0.965. The van der Waals surface area contributed by atoms with E-state index in [2.05, 4.69) is 11.9 Å². The minimum absolute atomic E-state index is 0.778. The molecule has 1 N–H and O–H groups in total. The average Bonchev–Trinajstić information content (AvgIpc) is 1.85. The van der Waals surface area contributed by atoms with Crippen LogP contribution in [0.15, 0.2) is 12.2 Å². The lowest BCUT2D eigenvalue weighted by molar-refractivity contribution is 0.264. The van der Waals surface area contributed by atoms with Crippen molar-refractivity contribution in [3.8, 4) is 0 Å². The van der Waals surface area contributed by atoms with Crippen LogP contribution in [0.2, 0.25) is 0 Å². The molecule has 10 heavy (non-hydrogen) atoms. The first-order valence-corrected chi connectivity index (χ1v) is 4.24. The van der Waals surface area contributed by atoms with Crippen molar-refractivity contribution >= 4 is 0 Å². The molecule has 2 aliphatic rings. The highest BCUT2D eigenvalue weighted by atomic mass is 14.9. The van der Waals surface area contributed by atoms with Gasteiger partial charge in [0, 0.05) is 6.04 Å². The third-order valence-corrected chi connectivity index (χ3v) is 2.72. The van der Waals surface area contributed by atoms with Crippen molar-refractivity contribution in [2.75, 3.05) is 6.54 Å². The predicted octanol–water partition coefficient (Wildman–Crippen LogP) is 1.70. The Morgan fingerprint density at radius 3 is 3.10 bits per heavy atom. The second kappa shape index (κ2) is 2.39. The van der Waals surface area contributed by atoms with Gasteiger partial charge in [-0.05, 0) is 38.1 Å². The molecule has 0 amide bonds. The van der Waals surface area contributed by atoms with Crippen LogP contribution in [0, 0.1) is 5.92 Å². The van der Waals surface area contributed by atoms with E-state index >= 15 is 0 Å². The van der Waals surface area contributed by atoms with Crippen LogP contribution < -0.4 is 5.32 Å². The number of rotatable bonds is 0. The lowest BCUT2D eigenvalue weighted by Gasteiger charge is -2.36. The van der Waals surface area contributed by atoms with Gasteiger partial charge in [0.2, 0.25) is 0 Å². The Hall–Kier alpha value is -0.300. The quantitative estimate of drug-likeness (QED) is 0.501. The van der Waals surface area contributed by atoms with Gasteiger partial charge >= 0.3 is 0 Å². The first-order chi connectivity index (χ1) is 4.84. The standard InChI is InChI=1S/C9H15N/c1-7-4-8-2-3-10-9(5-7)6-8/h8-10H,1-6H2. The zero-order chi connectivity index (χ0) is 6.97. The van der Waals surface area contributed by atoms with Gasteiger partial charge in [0.15, 0.2) is 0 Å². The molecule has 1 aliphatic carbocycles. The van der Waals surface area contributed by atoms with Gasteiger partial charge in [-0.1, -0.05) is 12.2 Å². The Kier molecular flexibility index (Phi) is 1.53. The zero-order valence-corrected chi connectivity index (χ0v) is 6.40. The first-order valence-electron chi connectivity index (χ1n) is 4.24. The molecule has 1 heterocycles. The van der Waals surface area contributed by atoms with Gasteiger partial charge in [-0.25, -0.2) is 0 Å². The Morgan fingerprint density at radius 2 is 2.30 bits per heavy atom. The summed E-state index contributed by atoms with van der Waals surface area (Å²) in [6, 6.07) is 0.778. The predicted molar refractivity (Wildman–Crippen MR) is 42.9 cm³/mol. The second-order valence-corrected chi connectivity index (χ2v) is 3.70. The molecule has 1 aliphatic heterocycles. The molecule has 0 aromatic rings. The van der Waals surface area contributed by atoms with E-state index in [1.54, 1.807) is 0 Å². The van der Waals surface area contributed by atoms with Gasteiger partial charge in [0.25, 0.3) is 0 Å². The van der Waals surface area contributed by atoms with Crippen LogP contribution in [0.1, 0.15) is 25.7 Å². The minimum atomic E-state index is 0.778. The van der Waals surface area contributed by atoms with Crippen LogP contribution in [0.4, 0.5) is 0 Å². The van der Waals surface area contributed by atoms with Crippen molar-refractivity contribution < 1.29 is 0 Å². The lowest BCUT2D eigenvalue weighted by Crippen LogP contribution is -2.41. The molecular weight excluding hydrogens is 122 g/mol. The fourth-order valence-corrected chi connectivity index (χ4v) is 2.28. The smallest absolute Gasteiger partial charge is 0.0107 e. The highest BCUT2D eigenvalue weighted by Gasteiger charge is 2.26. The van der Waals surface area contributed by atoms with Crippen molar-refractivity contribution in [2.24, 2.45) is 5.92 Å². The van der Waals surface area contributed by atoms with Crippen LogP contribution in [0.5, 0.6) is 0 Å². The largest absolute Gasteiger partial charge is 0.314 e. The monoisotopic (exact) mass is 137 g/mol. The molecule has 1 saturated heterocycles. The number of fused-ring (bicyclic) bond motifs is 2. The Morgan fingerprint density at radius 1 is 1.40 bits per heavy atom. The molecule has 2 rings (SSSR count). The Balaban J connectivity index is 2.05. The van der Waals surface area contributed by atoms with Crippen LogP contribution in [-0.4, -0.2) is 12.6 Å². The van der Waals surface area contributed by atoms with E-state index in [-0.39, 0.29) is 0 Å². The molecule has 2 fully saturated rings. The normalized spacial score (nSPS) is 39.8. The number of nitrogens with one attached hydrogen (secondary N) is 1. The van der Waals surface area contributed by atoms with Gasteiger partial charge < -0.3 is 5.32 Å². The Bertz CT molecular complexity index is 137. The molecule has 0 spiro atoms. The van der Waals surface area contributed by atoms with E-state index in [0.29, 0.717) is 0 Å². The van der Waals surface area contributed by atoms with Crippen LogP contribution in [0.25, 0.3) is 0 Å². The molecular formula is C9H15N. The molecule has 2 unspecified atom stereocenters. The summed E-state index contributed by atoms with van der Waals surface area (Å²) < 4.78 is 0. The van der Waals surface area contributed by atoms with E-state index in [9.17, 15) is 0 Å². The van der Waals surface area contributed by atoms with E-state index in [1.807, 2.05) is 0 Å². The van der Waals surface area contributed by atoms with Gasteiger partial charge in [0.1, 0.15) is 0 Å². The van der Waals surface area contributed by atoms with Crippen molar-refractivity contribution in [3.05, 3.63) is 12.2 Å².